The zero-order valence-corrected chi connectivity index (χ0v) is 10.8. The molecule has 1 aromatic heterocycles. The van der Waals surface area contributed by atoms with E-state index in [4.69, 9.17) is 5.11 Å². The van der Waals surface area contributed by atoms with E-state index >= 15 is 0 Å². The second-order valence-corrected chi connectivity index (χ2v) is 4.33. The molecule has 0 atom stereocenters. The van der Waals surface area contributed by atoms with Gasteiger partial charge in [0.2, 0.25) is 0 Å². The summed E-state index contributed by atoms with van der Waals surface area (Å²) in [7, 11) is 0. The minimum absolute atomic E-state index is 0.0173. The number of nitrogens with zero attached hydrogens (tertiary/aromatic N) is 2. The lowest BCUT2D eigenvalue weighted by Gasteiger charge is -2.09. The number of aliphatic carboxylic acids is 1. The van der Waals surface area contributed by atoms with Gasteiger partial charge < -0.3 is 10.4 Å². The third kappa shape index (κ3) is 2.82. The smallest absolute Gasteiger partial charge is 0.305 e. The number of nitrogens with one attached hydrogen (secondary N) is 1. The number of carbonyl (C=O) groups is 1. The number of hydrogen-bond acceptors (Lipinski definition) is 5. The zero-order chi connectivity index (χ0) is 14.7. The maximum atomic E-state index is 11.0. The van der Waals surface area contributed by atoms with Crippen molar-refractivity contribution in [3.05, 3.63) is 40.2 Å². The SMILES string of the molecule is Cc1cc2c(NCCC(=O)O)ccc([N+](=O)[O-])c2cn1. The van der Waals surface area contributed by atoms with Gasteiger partial charge in [-0.05, 0) is 19.1 Å². The van der Waals surface area contributed by atoms with Crippen LogP contribution in [0.5, 0.6) is 0 Å². The number of nitro benzene ring substituents is 1. The first-order valence-electron chi connectivity index (χ1n) is 5.98. The Kier molecular flexibility index (Phi) is 3.79. The molecule has 0 aliphatic heterocycles. The number of carboxylic acids is 1. The Morgan fingerprint density at radius 2 is 2.20 bits per heavy atom. The molecule has 0 aliphatic carbocycles. The molecular formula is C13H13N3O4. The summed E-state index contributed by atoms with van der Waals surface area (Å²) in [6.45, 7) is 2.04. The standard InChI is InChI=1S/C13H13N3O4/c1-8-6-9-10(7-15-8)12(16(19)20)3-2-11(9)14-5-4-13(17)18/h2-3,6-7,14H,4-5H2,1H3,(H,17,18). The van der Waals surface area contributed by atoms with Crippen molar-refractivity contribution >= 4 is 28.1 Å². The summed E-state index contributed by atoms with van der Waals surface area (Å²) in [5.74, 6) is -0.901. The average Bonchev–Trinajstić information content (AvgIpc) is 2.38. The molecule has 0 saturated heterocycles. The third-order valence-electron chi connectivity index (χ3n) is 2.87. The molecule has 7 nitrogen and oxygen atoms in total. The van der Waals surface area contributed by atoms with E-state index < -0.39 is 10.9 Å². The summed E-state index contributed by atoms with van der Waals surface area (Å²) in [4.78, 5) is 25.1. The van der Waals surface area contributed by atoms with Crippen molar-refractivity contribution in [1.29, 1.82) is 0 Å². The predicted octanol–water partition coefficient (Wildman–Crippen LogP) is 2.34. The monoisotopic (exact) mass is 275 g/mol. The Labute approximate surface area is 114 Å². The number of non-ortho nitro benzene ring substituents is 1. The van der Waals surface area contributed by atoms with Gasteiger partial charge in [-0.15, -0.1) is 0 Å². The molecule has 1 heterocycles. The fourth-order valence-corrected chi connectivity index (χ4v) is 1.95. The first-order valence-corrected chi connectivity index (χ1v) is 5.98. The normalized spacial score (nSPS) is 10.4. The van der Waals surface area contributed by atoms with E-state index in [2.05, 4.69) is 10.3 Å². The number of carboxylic acid groups (broad SMARTS) is 1. The Morgan fingerprint density at radius 1 is 1.45 bits per heavy atom. The quantitative estimate of drug-likeness (QED) is 0.641. The number of benzene rings is 1. The molecule has 0 saturated carbocycles. The summed E-state index contributed by atoms with van der Waals surface area (Å²) in [6, 6.07) is 4.72. The van der Waals surface area contributed by atoms with Crippen LogP contribution in [0.3, 0.4) is 0 Å². The molecule has 0 amide bonds. The topological polar surface area (TPSA) is 105 Å². The van der Waals surface area contributed by atoms with Crippen molar-refractivity contribution in [2.75, 3.05) is 11.9 Å². The Hall–Kier alpha value is -2.70. The van der Waals surface area contributed by atoms with Gasteiger partial charge in [0.25, 0.3) is 5.69 Å². The Bertz CT molecular complexity index is 685. The lowest BCUT2D eigenvalue weighted by molar-refractivity contribution is -0.383. The summed E-state index contributed by atoms with van der Waals surface area (Å²) >= 11 is 0. The lowest BCUT2D eigenvalue weighted by Crippen LogP contribution is -2.08. The predicted molar refractivity (Wildman–Crippen MR) is 73.9 cm³/mol. The molecule has 0 spiro atoms. The van der Waals surface area contributed by atoms with E-state index in [-0.39, 0.29) is 18.7 Å². The molecular weight excluding hydrogens is 262 g/mol. The van der Waals surface area contributed by atoms with Crippen molar-refractivity contribution < 1.29 is 14.8 Å². The molecule has 2 N–H and O–H groups in total. The van der Waals surface area contributed by atoms with Crippen molar-refractivity contribution in [1.82, 2.24) is 4.98 Å². The average molecular weight is 275 g/mol. The molecule has 2 rings (SSSR count). The molecule has 7 heteroatoms. The number of hydrogen-bond donors (Lipinski definition) is 2. The highest BCUT2D eigenvalue weighted by atomic mass is 16.6. The van der Waals surface area contributed by atoms with E-state index in [1.54, 1.807) is 19.1 Å². The molecule has 20 heavy (non-hydrogen) atoms. The molecule has 2 aromatic rings. The fraction of sp³-hybridized carbons (Fsp3) is 0.231. The van der Waals surface area contributed by atoms with Gasteiger partial charge in [0, 0.05) is 35.6 Å². The summed E-state index contributed by atoms with van der Waals surface area (Å²) < 4.78 is 0. The summed E-state index contributed by atoms with van der Waals surface area (Å²) in [5.41, 5.74) is 1.38. The number of nitro groups is 1. The van der Waals surface area contributed by atoms with Crippen LogP contribution in [-0.2, 0) is 4.79 Å². The van der Waals surface area contributed by atoms with Crippen LogP contribution >= 0.6 is 0 Å². The molecule has 1 aromatic carbocycles. The molecule has 104 valence electrons. The fourth-order valence-electron chi connectivity index (χ4n) is 1.95. The highest BCUT2D eigenvalue weighted by molar-refractivity contribution is 5.99. The summed E-state index contributed by atoms with van der Waals surface area (Å²) in [5, 5.41) is 23.7. The molecule has 0 radical (unpaired) electrons. The van der Waals surface area contributed by atoms with Gasteiger partial charge >= 0.3 is 5.97 Å². The van der Waals surface area contributed by atoms with E-state index in [1.165, 1.54) is 12.3 Å². The van der Waals surface area contributed by atoms with E-state index in [0.717, 1.165) is 5.69 Å². The van der Waals surface area contributed by atoms with Crippen molar-refractivity contribution in [3.63, 3.8) is 0 Å². The van der Waals surface area contributed by atoms with Gasteiger partial charge in [-0.1, -0.05) is 0 Å². The number of aromatic nitrogens is 1. The minimum atomic E-state index is -0.901. The van der Waals surface area contributed by atoms with Crippen LogP contribution in [0.4, 0.5) is 11.4 Å². The van der Waals surface area contributed by atoms with Crippen molar-refractivity contribution in [2.45, 2.75) is 13.3 Å². The Balaban J connectivity index is 2.45. The van der Waals surface area contributed by atoms with Crippen molar-refractivity contribution in [3.8, 4) is 0 Å². The van der Waals surface area contributed by atoms with Gasteiger partial charge in [-0.25, -0.2) is 0 Å². The lowest BCUT2D eigenvalue weighted by atomic mass is 10.1. The number of rotatable bonds is 5. The molecule has 0 bridgehead atoms. The van der Waals surface area contributed by atoms with Crippen LogP contribution in [0.15, 0.2) is 24.4 Å². The van der Waals surface area contributed by atoms with Crippen LogP contribution in [0, 0.1) is 17.0 Å². The first-order chi connectivity index (χ1) is 9.49. The highest BCUT2D eigenvalue weighted by Gasteiger charge is 2.14. The van der Waals surface area contributed by atoms with Crippen LogP contribution in [-0.4, -0.2) is 27.5 Å². The second-order valence-electron chi connectivity index (χ2n) is 4.33. The minimum Gasteiger partial charge on any atom is -0.481 e. The number of aryl methyl sites for hydroxylation is 1. The van der Waals surface area contributed by atoms with Gasteiger partial charge in [0.15, 0.2) is 0 Å². The number of anilines is 1. The van der Waals surface area contributed by atoms with E-state index in [0.29, 0.717) is 16.5 Å². The van der Waals surface area contributed by atoms with Crippen LogP contribution in [0.1, 0.15) is 12.1 Å². The molecule has 0 fully saturated rings. The Morgan fingerprint density at radius 3 is 2.85 bits per heavy atom. The van der Waals surface area contributed by atoms with E-state index in [1.807, 2.05) is 0 Å². The third-order valence-corrected chi connectivity index (χ3v) is 2.87. The first kappa shape index (κ1) is 13.7. The largest absolute Gasteiger partial charge is 0.481 e. The van der Waals surface area contributed by atoms with Crippen LogP contribution < -0.4 is 5.32 Å². The van der Waals surface area contributed by atoms with Crippen LogP contribution in [0.2, 0.25) is 0 Å². The van der Waals surface area contributed by atoms with Crippen molar-refractivity contribution in [2.24, 2.45) is 0 Å². The summed E-state index contributed by atoms with van der Waals surface area (Å²) in [6.07, 6.45) is 1.44. The van der Waals surface area contributed by atoms with E-state index in [9.17, 15) is 14.9 Å². The zero-order valence-electron chi connectivity index (χ0n) is 10.8. The number of fused-ring (bicyclic) bond motifs is 1. The highest BCUT2D eigenvalue weighted by Crippen LogP contribution is 2.31. The van der Waals surface area contributed by atoms with Gasteiger partial charge in [-0.2, -0.15) is 0 Å². The van der Waals surface area contributed by atoms with Gasteiger partial charge in [-0.3, -0.25) is 19.9 Å². The van der Waals surface area contributed by atoms with Gasteiger partial charge in [0.05, 0.1) is 16.7 Å². The molecule has 0 aliphatic rings. The number of pyridine rings is 1. The van der Waals surface area contributed by atoms with Gasteiger partial charge in [0.1, 0.15) is 0 Å². The molecule has 0 unspecified atom stereocenters. The van der Waals surface area contributed by atoms with Crippen LogP contribution in [0.25, 0.3) is 10.8 Å². The second kappa shape index (κ2) is 5.52. The maximum absolute atomic E-state index is 11.0. The maximum Gasteiger partial charge on any atom is 0.305 e.